The largest absolute Gasteiger partial charge is 0.477 e. The van der Waals surface area contributed by atoms with Gasteiger partial charge in [-0.2, -0.15) is 0 Å². The average Bonchev–Trinajstić information content (AvgIpc) is 2.29. The van der Waals surface area contributed by atoms with E-state index in [1.54, 1.807) is 13.8 Å². The number of allylic oxidation sites excluding steroid dienone is 1. The molecular weight excluding hydrogens is 239 g/mol. The van der Waals surface area contributed by atoms with Crippen molar-refractivity contribution in [3.8, 4) is 0 Å². The Bertz CT molecular complexity index is 367. The van der Waals surface area contributed by atoms with Crippen LogP contribution in [0.4, 0.5) is 0 Å². The zero-order valence-electron chi connectivity index (χ0n) is 10.5. The van der Waals surface area contributed by atoms with Gasteiger partial charge in [0.05, 0.1) is 0 Å². The zero-order valence-corrected chi connectivity index (χ0v) is 11.4. The fourth-order valence-corrected chi connectivity index (χ4v) is 3.83. The maximum absolute atomic E-state index is 11.9. The molecule has 0 spiro atoms. The molecular formula is C12H21O4P. The van der Waals surface area contributed by atoms with Gasteiger partial charge < -0.3 is 10.00 Å². The van der Waals surface area contributed by atoms with Crippen LogP contribution in [-0.4, -0.2) is 22.1 Å². The standard InChI is InChI=1S/C12H21O4P/c1-3-17(15,16)11(12(13)14)9(2)10-7-5-4-6-8-10/h10H,3-8H2,1-2H3,(H,13,14)(H,15,16). The number of aliphatic carboxylic acids is 1. The molecule has 0 aromatic rings. The van der Waals surface area contributed by atoms with Gasteiger partial charge in [0, 0.05) is 6.16 Å². The summed E-state index contributed by atoms with van der Waals surface area (Å²) in [5, 5.41) is 8.92. The summed E-state index contributed by atoms with van der Waals surface area (Å²) in [5.41, 5.74) is 0.616. The van der Waals surface area contributed by atoms with E-state index in [-0.39, 0.29) is 17.4 Å². The molecule has 98 valence electrons. The second-order valence-corrected chi connectivity index (χ2v) is 7.17. The van der Waals surface area contributed by atoms with Crippen molar-refractivity contribution in [2.24, 2.45) is 5.92 Å². The van der Waals surface area contributed by atoms with Crippen LogP contribution in [-0.2, 0) is 9.36 Å². The van der Waals surface area contributed by atoms with Crippen molar-refractivity contribution in [2.75, 3.05) is 6.16 Å². The van der Waals surface area contributed by atoms with Gasteiger partial charge >= 0.3 is 5.97 Å². The molecule has 1 rings (SSSR count). The van der Waals surface area contributed by atoms with E-state index in [4.69, 9.17) is 5.11 Å². The fourth-order valence-electron chi connectivity index (χ4n) is 2.48. The molecule has 1 unspecified atom stereocenters. The molecule has 0 saturated heterocycles. The van der Waals surface area contributed by atoms with Crippen molar-refractivity contribution in [1.29, 1.82) is 0 Å². The van der Waals surface area contributed by atoms with Crippen LogP contribution in [0.2, 0.25) is 0 Å². The van der Waals surface area contributed by atoms with Crippen molar-refractivity contribution >= 4 is 13.3 Å². The Kier molecular flexibility index (Phi) is 4.96. The number of carbonyl (C=O) groups is 1. The summed E-state index contributed by atoms with van der Waals surface area (Å²) >= 11 is 0. The number of carboxylic acid groups (broad SMARTS) is 1. The summed E-state index contributed by atoms with van der Waals surface area (Å²) in [6, 6.07) is 0. The Morgan fingerprint density at radius 1 is 1.29 bits per heavy atom. The molecule has 0 radical (unpaired) electrons. The molecule has 1 aliphatic carbocycles. The predicted octanol–water partition coefficient (Wildman–Crippen LogP) is 3.22. The maximum atomic E-state index is 11.9. The van der Waals surface area contributed by atoms with E-state index in [1.807, 2.05) is 0 Å². The minimum absolute atomic E-state index is 0.0152. The van der Waals surface area contributed by atoms with Crippen molar-refractivity contribution < 1.29 is 19.4 Å². The van der Waals surface area contributed by atoms with Gasteiger partial charge in [0.2, 0.25) is 7.37 Å². The first kappa shape index (κ1) is 14.5. The van der Waals surface area contributed by atoms with Gasteiger partial charge in [0.1, 0.15) is 5.31 Å². The van der Waals surface area contributed by atoms with Crippen LogP contribution in [0.5, 0.6) is 0 Å². The van der Waals surface area contributed by atoms with Gasteiger partial charge in [-0.3, -0.25) is 4.57 Å². The third-order valence-electron chi connectivity index (χ3n) is 3.57. The van der Waals surface area contributed by atoms with E-state index < -0.39 is 13.3 Å². The second kappa shape index (κ2) is 5.83. The highest BCUT2D eigenvalue weighted by Gasteiger charge is 2.32. The van der Waals surface area contributed by atoms with E-state index >= 15 is 0 Å². The lowest BCUT2D eigenvalue weighted by molar-refractivity contribution is -0.132. The Labute approximate surface area is 102 Å². The number of rotatable bonds is 4. The van der Waals surface area contributed by atoms with Crippen LogP contribution in [0.3, 0.4) is 0 Å². The van der Waals surface area contributed by atoms with E-state index in [0.29, 0.717) is 5.57 Å². The van der Waals surface area contributed by atoms with Gasteiger partial charge in [0.25, 0.3) is 0 Å². The van der Waals surface area contributed by atoms with Gasteiger partial charge in [0.15, 0.2) is 0 Å². The predicted molar refractivity (Wildman–Crippen MR) is 67.3 cm³/mol. The molecule has 0 aliphatic heterocycles. The van der Waals surface area contributed by atoms with Crippen LogP contribution in [0, 0.1) is 5.92 Å². The van der Waals surface area contributed by atoms with Crippen molar-refractivity contribution in [1.82, 2.24) is 0 Å². The molecule has 2 N–H and O–H groups in total. The smallest absolute Gasteiger partial charge is 0.341 e. The molecule has 17 heavy (non-hydrogen) atoms. The molecule has 1 saturated carbocycles. The molecule has 0 heterocycles. The normalized spacial score (nSPS) is 22.8. The SMILES string of the molecule is CCP(=O)(O)C(C(=O)O)=C(C)C1CCCCC1. The maximum Gasteiger partial charge on any atom is 0.341 e. The van der Waals surface area contributed by atoms with E-state index in [2.05, 4.69) is 0 Å². The first-order chi connectivity index (χ1) is 7.90. The molecule has 0 amide bonds. The summed E-state index contributed by atoms with van der Waals surface area (Å²) in [6.07, 6.45) is 5.20. The van der Waals surface area contributed by atoms with E-state index in [1.165, 1.54) is 6.42 Å². The lowest BCUT2D eigenvalue weighted by Gasteiger charge is -2.25. The Hall–Kier alpha value is -0.600. The Morgan fingerprint density at radius 3 is 2.24 bits per heavy atom. The molecule has 1 fully saturated rings. The van der Waals surface area contributed by atoms with Crippen LogP contribution >= 0.6 is 7.37 Å². The van der Waals surface area contributed by atoms with Crippen LogP contribution in [0.15, 0.2) is 10.9 Å². The minimum atomic E-state index is -3.68. The lowest BCUT2D eigenvalue weighted by Crippen LogP contribution is -2.14. The van der Waals surface area contributed by atoms with Gasteiger partial charge in [-0.1, -0.05) is 26.2 Å². The van der Waals surface area contributed by atoms with E-state index in [0.717, 1.165) is 25.7 Å². The van der Waals surface area contributed by atoms with Crippen LogP contribution < -0.4 is 0 Å². The second-order valence-electron chi connectivity index (χ2n) is 4.69. The highest BCUT2D eigenvalue weighted by atomic mass is 31.2. The minimum Gasteiger partial charge on any atom is -0.477 e. The third kappa shape index (κ3) is 3.43. The monoisotopic (exact) mass is 260 g/mol. The topological polar surface area (TPSA) is 74.6 Å². The lowest BCUT2D eigenvalue weighted by atomic mass is 9.84. The molecule has 1 aliphatic rings. The summed E-state index contributed by atoms with van der Waals surface area (Å²) in [4.78, 5) is 21.0. The quantitative estimate of drug-likeness (QED) is 0.601. The summed E-state index contributed by atoms with van der Waals surface area (Å²) in [5.74, 6) is -1.07. The summed E-state index contributed by atoms with van der Waals surface area (Å²) < 4.78 is 11.9. The highest BCUT2D eigenvalue weighted by molar-refractivity contribution is 7.63. The molecule has 5 heteroatoms. The molecule has 0 bridgehead atoms. The van der Waals surface area contributed by atoms with Gasteiger partial charge in [-0.05, 0) is 31.3 Å². The molecule has 4 nitrogen and oxygen atoms in total. The first-order valence-electron chi connectivity index (χ1n) is 6.16. The number of hydrogen-bond donors (Lipinski definition) is 2. The zero-order chi connectivity index (χ0) is 13.1. The average molecular weight is 260 g/mol. The van der Waals surface area contributed by atoms with Crippen LogP contribution in [0.1, 0.15) is 46.0 Å². The highest BCUT2D eigenvalue weighted by Crippen LogP contribution is 2.52. The van der Waals surface area contributed by atoms with Crippen molar-refractivity contribution in [3.05, 3.63) is 10.9 Å². The fraction of sp³-hybridized carbons (Fsp3) is 0.750. The van der Waals surface area contributed by atoms with E-state index in [9.17, 15) is 14.3 Å². The van der Waals surface area contributed by atoms with Crippen LogP contribution in [0.25, 0.3) is 0 Å². The van der Waals surface area contributed by atoms with Crippen molar-refractivity contribution in [3.63, 3.8) is 0 Å². The Morgan fingerprint density at radius 2 is 1.82 bits per heavy atom. The first-order valence-corrected chi connectivity index (χ1v) is 8.01. The molecule has 1 atom stereocenters. The van der Waals surface area contributed by atoms with Gasteiger partial charge in [-0.15, -0.1) is 0 Å². The Balaban J connectivity index is 3.10. The molecule has 0 aromatic carbocycles. The summed E-state index contributed by atoms with van der Waals surface area (Å²) in [6.45, 7) is 3.26. The van der Waals surface area contributed by atoms with Gasteiger partial charge in [-0.25, -0.2) is 4.79 Å². The number of hydrogen-bond acceptors (Lipinski definition) is 2. The van der Waals surface area contributed by atoms with Crippen molar-refractivity contribution in [2.45, 2.75) is 46.0 Å². The number of carboxylic acids is 1. The summed E-state index contributed by atoms with van der Waals surface area (Å²) in [7, 11) is -3.68. The molecule has 0 aromatic heterocycles. The third-order valence-corrected chi connectivity index (χ3v) is 5.67.